The second-order valence-corrected chi connectivity index (χ2v) is 5.00. The predicted octanol–water partition coefficient (Wildman–Crippen LogP) is 1.37. The molecule has 1 aromatic heterocycles. The van der Waals surface area contributed by atoms with Gasteiger partial charge in [-0.3, -0.25) is 9.59 Å². The van der Waals surface area contributed by atoms with Gasteiger partial charge in [-0.15, -0.1) is 0 Å². The number of benzene rings is 1. The quantitative estimate of drug-likeness (QED) is 0.871. The van der Waals surface area contributed by atoms with Crippen molar-refractivity contribution in [3.05, 3.63) is 48.0 Å². The molecule has 0 radical (unpaired) electrons. The number of aromatic nitrogens is 2. The summed E-state index contributed by atoms with van der Waals surface area (Å²) in [6.45, 7) is 0. The molecule has 1 amide bonds. The lowest BCUT2D eigenvalue weighted by molar-refractivity contribution is -0.136. The summed E-state index contributed by atoms with van der Waals surface area (Å²) in [5.74, 6) is -0.221. The van der Waals surface area contributed by atoms with Gasteiger partial charge in [0.25, 0.3) is 5.91 Å². The maximum absolute atomic E-state index is 12.1. The fourth-order valence-electron chi connectivity index (χ4n) is 2.30. The van der Waals surface area contributed by atoms with Gasteiger partial charge >= 0.3 is 5.97 Å². The Morgan fingerprint density at radius 3 is 2.73 bits per heavy atom. The summed E-state index contributed by atoms with van der Waals surface area (Å²) >= 11 is 0. The SMILES string of the molecule is O=C(O)Cc1ccc(N2N=C(Cc3ncc[nH]3)CC2=O)cc1. The van der Waals surface area contributed by atoms with Crippen molar-refractivity contribution < 1.29 is 14.7 Å². The van der Waals surface area contributed by atoms with E-state index in [-0.39, 0.29) is 18.7 Å². The average Bonchev–Trinajstić information content (AvgIpc) is 3.09. The van der Waals surface area contributed by atoms with Gasteiger partial charge in [0.15, 0.2) is 0 Å². The molecule has 0 fully saturated rings. The summed E-state index contributed by atoms with van der Waals surface area (Å²) in [5.41, 5.74) is 2.06. The number of imidazole rings is 1. The molecular weight excluding hydrogens is 284 g/mol. The van der Waals surface area contributed by atoms with Gasteiger partial charge in [0.05, 0.1) is 24.2 Å². The summed E-state index contributed by atoms with van der Waals surface area (Å²) < 4.78 is 0. The third kappa shape index (κ3) is 3.03. The molecule has 0 atom stereocenters. The molecular formula is C15H14N4O3. The summed E-state index contributed by atoms with van der Waals surface area (Å²) in [7, 11) is 0. The number of amides is 1. The summed E-state index contributed by atoms with van der Waals surface area (Å²) in [6.07, 6.45) is 4.11. The first-order chi connectivity index (χ1) is 10.6. The van der Waals surface area contributed by atoms with Crippen LogP contribution >= 0.6 is 0 Å². The fourth-order valence-corrected chi connectivity index (χ4v) is 2.30. The number of aliphatic carboxylic acids is 1. The van der Waals surface area contributed by atoms with E-state index >= 15 is 0 Å². The number of carbonyl (C=O) groups excluding carboxylic acids is 1. The third-order valence-corrected chi connectivity index (χ3v) is 3.30. The molecule has 7 nitrogen and oxygen atoms in total. The lowest BCUT2D eigenvalue weighted by atomic mass is 10.1. The highest BCUT2D eigenvalue weighted by molar-refractivity contribution is 6.13. The molecule has 0 aliphatic carbocycles. The number of carbonyl (C=O) groups is 2. The van der Waals surface area contributed by atoms with Crippen LogP contribution in [0.1, 0.15) is 17.8 Å². The molecule has 1 aliphatic rings. The molecule has 0 spiro atoms. The smallest absolute Gasteiger partial charge is 0.307 e. The predicted molar refractivity (Wildman–Crippen MR) is 79.6 cm³/mol. The van der Waals surface area contributed by atoms with E-state index in [1.165, 1.54) is 5.01 Å². The van der Waals surface area contributed by atoms with Gasteiger partial charge in [-0.05, 0) is 17.7 Å². The maximum Gasteiger partial charge on any atom is 0.307 e. The van der Waals surface area contributed by atoms with Crippen molar-refractivity contribution in [3.63, 3.8) is 0 Å². The van der Waals surface area contributed by atoms with Crippen molar-refractivity contribution in [1.29, 1.82) is 0 Å². The van der Waals surface area contributed by atoms with Crippen molar-refractivity contribution in [3.8, 4) is 0 Å². The van der Waals surface area contributed by atoms with Crippen molar-refractivity contribution >= 4 is 23.3 Å². The first kappa shape index (κ1) is 14.0. The highest BCUT2D eigenvalue weighted by Gasteiger charge is 2.25. The molecule has 112 valence electrons. The number of carboxylic acids is 1. The van der Waals surface area contributed by atoms with Crippen LogP contribution in [0.15, 0.2) is 41.8 Å². The molecule has 1 aliphatic heterocycles. The molecule has 22 heavy (non-hydrogen) atoms. The Morgan fingerprint density at radius 1 is 1.32 bits per heavy atom. The van der Waals surface area contributed by atoms with Crippen molar-refractivity contribution in [2.75, 3.05) is 5.01 Å². The third-order valence-electron chi connectivity index (χ3n) is 3.30. The van der Waals surface area contributed by atoms with E-state index in [1.807, 2.05) is 0 Å². The molecule has 2 aromatic rings. The molecule has 1 aromatic carbocycles. The molecule has 0 saturated carbocycles. The topological polar surface area (TPSA) is 98.6 Å². The zero-order chi connectivity index (χ0) is 15.5. The van der Waals surface area contributed by atoms with E-state index in [2.05, 4.69) is 15.1 Å². The lowest BCUT2D eigenvalue weighted by Gasteiger charge is -2.11. The number of rotatable bonds is 5. The number of hydrogen-bond donors (Lipinski definition) is 2. The molecule has 7 heteroatoms. The molecule has 2 heterocycles. The van der Waals surface area contributed by atoms with Gasteiger partial charge in [0, 0.05) is 18.8 Å². The number of hydrogen-bond acceptors (Lipinski definition) is 4. The van der Waals surface area contributed by atoms with Gasteiger partial charge in [-0.1, -0.05) is 12.1 Å². The Hall–Kier alpha value is -2.96. The van der Waals surface area contributed by atoms with Crippen LogP contribution in [0.3, 0.4) is 0 Å². The van der Waals surface area contributed by atoms with Gasteiger partial charge in [0.2, 0.25) is 0 Å². The molecule has 3 rings (SSSR count). The van der Waals surface area contributed by atoms with Crippen molar-refractivity contribution in [2.24, 2.45) is 5.10 Å². The van der Waals surface area contributed by atoms with Crippen LogP contribution in [-0.4, -0.2) is 32.7 Å². The molecule has 0 bridgehead atoms. The minimum atomic E-state index is -0.885. The van der Waals surface area contributed by atoms with Crippen LogP contribution in [0.25, 0.3) is 0 Å². The Bertz CT molecular complexity index is 720. The Morgan fingerprint density at radius 2 is 2.09 bits per heavy atom. The lowest BCUT2D eigenvalue weighted by Crippen LogP contribution is -2.19. The molecule has 0 saturated heterocycles. The van der Waals surface area contributed by atoms with Crippen LogP contribution in [0.5, 0.6) is 0 Å². The standard InChI is InChI=1S/C15H14N4O3/c20-14-9-11(8-13-16-5-6-17-13)18-19(14)12-3-1-10(2-4-12)7-15(21)22/h1-6H,7-9H2,(H,16,17)(H,21,22). The largest absolute Gasteiger partial charge is 0.481 e. The second-order valence-electron chi connectivity index (χ2n) is 5.00. The maximum atomic E-state index is 12.1. The monoisotopic (exact) mass is 298 g/mol. The number of H-pyrrole nitrogens is 1. The van der Waals surface area contributed by atoms with E-state index < -0.39 is 5.97 Å². The second kappa shape index (κ2) is 5.80. The number of carboxylic acid groups (broad SMARTS) is 1. The van der Waals surface area contributed by atoms with Crippen LogP contribution in [-0.2, 0) is 22.4 Å². The van der Waals surface area contributed by atoms with E-state index in [0.717, 1.165) is 11.5 Å². The fraction of sp³-hybridized carbons (Fsp3) is 0.200. The van der Waals surface area contributed by atoms with Gasteiger partial charge in [-0.25, -0.2) is 9.99 Å². The van der Waals surface area contributed by atoms with Gasteiger partial charge in [-0.2, -0.15) is 5.10 Å². The zero-order valence-electron chi connectivity index (χ0n) is 11.7. The summed E-state index contributed by atoms with van der Waals surface area (Å²) in [5, 5.41) is 14.4. The number of anilines is 1. The highest BCUT2D eigenvalue weighted by atomic mass is 16.4. The van der Waals surface area contributed by atoms with Crippen LogP contribution in [0, 0.1) is 0 Å². The Balaban J connectivity index is 1.74. The minimum absolute atomic E-state index is 0.0404. The van der Waals surface area contributed by atoms with Crippen molar-refractivity contribution in [2.45, 2.75) is 19.3 Å². The average molecular weight is 298 g/mol. The summed E-state index contributed by atoms with van der Waals surface area (Å²) in [4.78, 5) is 29.8. The first-order valence-electron chi connectivity index (χ1n) is 6.80. The Labute approximate surface area is 126 Å². The zero-order valence-corrected chi connectivity index (χ0v) is 11.7. The Kier molecular flexibility index (Phi) is 3.69. The van der Waals surface area contributed by atoms with Crippen molar-refractivity contribution in [1.82, 2.24) is 9.97 Å². The summed E-state index contributed by atoms with van der Waals surface area (Å²) in [6, 6.07) is 6.79. The van der Waals surface area contributed by atoms with Crippen LogP contribution in [0.4, 0.5) is 5.69 Å². The first-order valence-corrected chi connectivity index (χ1v) is 6.80. The minimum Gasteiger partial charge on any atom is -0.481 e. The molecule has 0 unspecified atom stereocenters. The highest BCUT2D eigenvalue weighted by Crippen LogP contribution is 2.22. The van der Waals surface area contributed by atoms with E-state index in [4.69, 9.17) is 5.11 Å². The number of nitrogens with one attached hydrogen (secondary N) is 1. The number of nitrogens with zero attached hydrogens (tertiary/aromatic N) is 3. The normalized spacial score (nSPS) is 14.3. The number of aromatic amines is 1. The number of hydrazone groups is 1. The van der Waals surface area contributed by atoms with Gasteiger partial charge in [0.1, 0.15) is 5.82 Å². The van der Waals surface area contributed by atoms with E-state index in [9.17, 15) is 9.59 Å². The van der Waals surface area contributed by atoms with Crippen LogP contribution in [0.2, 0.25) is 0 Å². The van der Waals surface area contributed by atoms with Crippen LogP contribution < -0.4 is 5.01 Å². The van der Waals surface area contributed by atoms with E-state index in [0.29, 0.717) is 17.7 Å². The van der Waals surface area contributed by atoms with Gasteiger partial charge < -0.3 is 10.1 Å². The van der Waals surface area contributed by atoms with E-state index in [1.54, 1.807) is 36.7 Å². The molecule has 2 N–H and O–H groups in total.